The minimum absolute atomic E-state index is 0. The monoisotopic (exact) mass is 441 g/mol. The van der Waals surface area contributed by atoms with Crippen molar-refractivity contribution in [2.45, 2.75) is 12.5 Å². The Labute approximate surface area is 182 Å². The molecule has 0 radical (unpaired) electrons. The van der Waals surface area contributed by atoms with E-state index in [2.05, 4.69) is 0 Å². The van der Waals surface area contributed by atoms with Gasteiger partial charge in [0, 0.05) is 5.54 Å². The van der Waals surface area contributed by atoms with Crippen LogP contribution >= 0.6 is 0 Å². The third-order valence-corrected chi connectivity index (χ3v) is 3.90. The zero-order valence-electron chi connectivity index (χ0n) is 15.1. The molecule has 27 heavy (non-hydrogen) atoms. The molecule has 0 aromatic heterocycles. The molecule has 0 saturated heterocycles. The summed E-state index contributed by atoms with van der Waals surface area (Å²) >= 11 is 0. The van der Waals surface area contributed by atoms with E-state index < -0.39 is 5.54 Å². The number of hydrogen-bond acceptors (Lipinski definition) is 2. The minimum Gasteiger partial charge on any atom is -0.331 e. The Balaban J connectivity index is 0.000000465. The van der Waals surface area contributed by atoms with E-state index in [0.29, 0.717) is 0 Å². The van der Waals surface area contributed by atoms with Crippen LogP contribution in [0, 0.1) is 0 Å². The summed E-state index contributed by atoms with van der Waals surface area (Å²) in [5.74, 6) is -0.0418. The van der Waals surface area contributed by atoms with Crippen LogP contribution in [0.4, 0.5) is 0 Å². The van der Waals surface area contributed by atoms with Gasteiger partial charge in [0.2, 0.25) is 0 Å². The summed E-state index contributed by atoms with van der Waals surface area (Å²) in [4.78, 5) is 11.7. The summed E-state index contributed by atoms with van der Waals surface area (Å²) in [5.41, 5.74) is 6.93. The quantitative estimate of drug-likeness (QED) is 0.370. The molecule has 142 valence electrons. The summed E-state index contributed by atoms with van der Waals surface area (Å²) in [6.07, 6.45) is 0. The molecule has 0 atom stereocenters. The molecule has 4 aromatic rings. The molecule has 0 saturated carbocycles. The summed E-state index contributed by atoms with van der Waals surface area (Å²) in [6, 6.07) is 35.1. The second kappa shape index (κ2) is 13.3. The molecule has 0 aliphatic carbocycles. The van der Waals surface area contributed by atoms with Gasteiger partial charge in [0.1, 0.15) is 5.78 Å². The maximum Gasteiger partial charge on any atom is 2.00 e. The number of carbonyl (C=O) groups excluding carboxylic acids is 1. The molecule has 2 N–H and O–H groups in total. The van der Waals surface area contributed by atoms with Crippen molar-refractivity contribution >= 4 is 5.78 Å². The van der Waals surface area contributed by atoms with Crippen LogP contribution in [-0.2, 0) is 44.5 Å². The first-order chi connectivity index (χ1) is 12.2. The number of nitrogens with two attached hydrogens (primary N) is 1. The van der Waals surface area contributed by atoms with Gasteiger partial charge < -0.3 is 5.73 Å². The van der Waals surface area contributed by atoms with E-state index in [1.165, 1.54) is 6.92 Å². The molecule has 0 bridgehead atoms. The summed E-state index contributed by atoms with van der Waals surface area (Å²) in [5, 5.41) is 0. The van der Waals surface area contributed by atoms with Gasteiger partial charge in [-0.3, -0.25) is 4.79 Å². The second-order valence-electron chi connectivity index (χ2n) is 5.64. The van der Waals surface area contributed by atoms with Gasteiger partial charge in [0.05, 0.1) is 0 Å². The molecule has 0 heterocycles. The minimum atomic E-state index is -0.993. The molecule has 0 amide bonds. The Kier molecular flexibility index (Phi) is 12.3. The van der Waals surface area contributed by atoms with Crippen LogP contribution < -0.4 is 5.73 Å². The predicted octanol–water partition coefficient (Wildman–Crippen LogP) is 4.72. The number of hydrogen-bond donors (Lipinski definition) is 1. The van der Waals surface area contributed by atoms with Gasteiger partial charge >= 0.3 is 34.1 Å². The van der Waals surface area contributed by atoms with E-state index in [4.69, 9.17) is 5.73 Å². The van der Waals surface area contributed by atoms with Crippen molar-refractivity contribution in [2.75, 3.05) is 0 Å². The van der Waals surface area contributed by atoms with Gasteiger partial charge in [-0.15, -0.1) is 11.1 Å². The molecule has 4 heteroatoms. The Hall–Kier alpha value is -1.93. The molecule has 0 aliphatic heterocycles. The normalized spacial score (nSPS) is 9.41. The van der Waals surface area contributed by atoms with E-state index in [0.717, 1.165) is 11.1 Å². The molecule has 0 fully saturated rings. The predicted molar refractivity (Wildman–Crippen MR) is 104 cm³/mol. The maximum atomic E-state index is 11.7. The zero-order chi connectivity index (χ0) is 18.0. The Bertz CT molecular complexity index is 688. The van der Waals surface area contributed by atoms with Crippen molar-refractivity contribution in [3.8, 4) is 0 Å². The largest absolute Gasteiger partial charge is 2.00 e. The fourth-order valence-corrected chi connectivity index (χ4v) is 2.49. The number of carbonyl (C=O) groups is 1. The van der Waals surface area contributed by atoms with Crippen molar-refractivity contribution in [2.24, 2.45) is 5.73 Å². The topological polar surface area (TPSA) is 43.1 Å². The SMILES string of the molecule is CC(=O)C(N)([c-]1cccc1)[c-]1cccc1.[Fe+2].[Fe+2].c1cc[cH-]c1.c1cc[cH-]c1. The first-order valence-electron chi connectivity index (χ1n) is 8.23. The molecule has 0 aliphatic rings. The van der Waals surface area contributed by atoms with E-state index in [-0.39, 0.29) is 39.9 Å². The Morgan fingerprint density at radius 3 is 1.19 bits per heavy atom. The van der Waals surface area contributed by atoms with Crippen molar-refractivity contribution in [1.29, 1.82) is 0 Å². The standard InChI is InChI=1S/C13H13NO.2C5H5.2Fe/c1-10(15)13(14,11-6-2-3-7-11)12-8-4-5-9-12;2*1-2-4-5-3-1;;/h2-9H,14H2,1H3;2*1-5H;;/q-2;2*-1;2*+2. The number of rotatable bonds is 3. The van der Waals surface area contributed by atoms with Crippen molar-refractivity contribution in [3.63, 3.8) is 0 Å². The van der Waals surface area contributed by atoms with Crippen LogP contribution in [0.3, 0.4) is 0 Å². The van der Waals surface area contributed by atoms with Crippen LogP contribution in [0.1, 0.15) is 18.1 Å². The van der Waals surface area contributed by atoms with Crippen LogP contribution in [0.15, 0.2) is 109 Å². The maximum absolute atomic E-state index is 11.7. The van der Waals surface area contributed by atoms with Crippen LogP contribution in [0.2, 0.25) is 0 Å². The van der Waals surface area contributed by atoms with E-state index in [1.807, 2.05) is 109 Å². The van der Waals surface area contributed by atoms with E-state index in [9.17, 15) is 4.79 Å². The zero-order valence-corrected chi connectivity index (χ0v) is 17.3. The average Bonchev–Trinajstić information content (AvgIpc) is 3.45. The molecule has 2 nitrogen and oxygen atoms in total. The fourth-order valence-electron chi connectivity index (χ4n) is 2.49. The smallest absolute Gasteiger partial charge is 0.331 e. The Morgan fingerprint density at radius 1 is 0.704 bits per heavy atom. The van der Waals surface area contributed by atoms with Crippen molar-refractivity contribution in [3.05, 3.63) is 120 Å². The first kappa shape index (κ1) is 25.1. The number of ketones is 1. The van der Waals surface area contributed by atoms with E-state index >= 15 is 0 Å². The van der Waals surface area contributed by atoms with Gasteiger partial charge in [-0.25, -0.2) is 48.5 Å². The molecule has 4 rings (SSSR count). The van der Waals surface area contributed by atoms with Gasteiger partial charge in [-0.1, -0.05) is 0 Å². The molecule has 0 spiro atoms. The molecular formula is C23H23Fe2NO. The molecular weight excluding hydrogens is 418 g/mol. The van der Waals surface area contributed by atoms with Crippen LogP contribution in [0.5, 0.6) is 0 Å². The van der Waals surface area contributed by atoms with Crippen molar-refractivity contribution in [1.82, 2.24) is 0 Å². The summed E-state index contributed by atoms with van der Waals surface area (Å²) in [7, 11) is 0. The van der Waals surface area contributed by atoms with Crippen LogP contribution in [0.25, 0.3) is 0 Å². The first-order valence-corrected chi connectivity index (χ1v) is 8.23. The van der Waals surface area contributed by atoms with Gasteiger partial charge in [0.15, 0.2) is 0 Å². The number of Topliss-reactive ketones (excluding diaryl/α,β-unsaturated/α-hetero) is 1. The average molecular weight is 441 g/mol. The summed E-state index contributed by atoms with van der Waals surface area (Å²) < 4.78 is 0. The van der Waals surface area contributed by atoms with Gasteiger partial charge in [-0.05, 0) is 6.92 Å². The van der Waals surface area contributed by atoms with Gasteiger partial charge in [-0.2, -0.15) is 60.7 Å². The third kappa shape index (κ3) is 7.30. The van der Waals surface area contributed by atoms with Gasteiger partial charge in [0.25, 0.3) is 0 Å². The third-order valence-electron chi connectivity index (χ3n) is 3.90. The van der Waals surface area contributed by atoms with E-state index in [1.54, 1.807) is 0 Å². The molecule has 4 aromatic carbocycles. The summed E-state index contributed by atoms with van der Waals surface area (Å²) in [6.45, 7) is 1.53. The Morgan fingerprint density at radius 2 is 1.00 bits per heavy atom. The second-order valence-corrected chi connectivity index (χ2v) is 5.64. The molecule has 0 unspecified atom stereocenters. The van der Waals surface area contributed by atoms with Crippen LogP contribution in [-0.4, -0.2) is 5.78 Å². The van der Waals surface area contributed by atoms with Crippen molar-refractivity contribution < 1.29 is 38.9 Å². The fraction of sp³-hybridized carbons (Fsp3) is 0.0870.